The second-order valence-electron chi connectivity index (χ2n) is 8.81. The topological polar surface area (TPSA) is 99.1 Å². The van der Waals surface area contributed by atoms with E-state index in [9.17, 15) is 19.5 Å². The van der Waals surface area contributed by atoms with Gasteiger partial charge in [0.25, 0.3) is 0 Å². The van der Waals surface area contributed by atoms with Gasteiger partial charge in [0.05, 0.1) is 19.6 Å². The molecule has 0 radical (unpaired) electrons. The number of hydrogen-bond donors (Lipinski definition) is 1. The molecule has 0 aromatic rings. The first-order valence-corrected chi connectivity index (χ1v) is 13.0. The quantitative estimate of drug-likeness (QED) is 0.0998. The lowest BCUT2D eigenvalue weighted by molar-refractivity contribution is -0.150. The molecule has 0 aromatic heterocycles. The lowest BCUT2D eigenvalue weighted by Crippen LogP contribution is -2.19. The van der Waals surface area contributed by atoms with Crippen LogP contribution in [0.2, 0.25) is 0 Å². The van der Waals surface area contributed by atoms with Gasteiger partial charge in [-0.15, -0.1) is 0 Å². The van der Waals surface area contributed by atoms with Crippen molar-refractivity contribution in [1.29, 1.82) is 0 Å². The molecule has 1 atom stereocenters. The van der Waals surface area contributed by atoms with Gasteiger partial charge in [-0.05, 0) is 12.8 Å². The number of carbonyl (C=O) groups is 3. The van der Waals surface area contributed by atoms with Crippen LogP contribution in [0.3, 0.4) is 0 Å². The van der Waals surface area contributed by atoms with Crippen LogP contribution in [0.4, 0.5) is 0 Å². The summed E-state index contributed by atoms with van der Waals surface area (Å²) < 4.78 is 15.3. The van der Waals surface area contributed by atoms with Gasteiger partial charge in [0.2, 0.25) is 0 Å². The zero-order valence-corrected chi connectivity index (χ0v) is 20.7. The number of aliphatic hydroxyl groups is 1. The van der Waals surface area contributed by atoms with Gasteiger partial charge in [-0.3, -0.25) is 4.79 Å². The van der Waals surface area contributed by atoms with E-state index in [1.807, 2.05) is 0 Å². The van der Waals surface area contributed by atoms with Crippen LogP contribution in [0.5, 0.6) is 0 Å². The lowest BCUT2D eigenvalue weighted by Gasteiger charge is -2.10. The molecule has 1 heterocycles. The second-order valence-corrected chi connectivity index (χ2v) is 8.81. The zero-order chi connectivity index (χ0) is 24.3. The third kappa shape index (κ3) is 12.7. The second kappa shape index (κ2) is 18.4. The Morgan fingerprint density at radius 1 is 0.758 bits per heavy atom. The van der Waals surface area contributed by atoms with Crippen molar-refractivity contribution in [2.45, 2.75) is 123 Å². The van der Waals surface area contributed by atoms with Crippen molar-refractivity contribution in [3.63, 3.8) is 0 Å². The summed E-state index contributed by atoms with van der Waals surface area (Å²) in [5, 5.41) is 10.2. The van der Waals surface area contributed by atoms with Crippen LogP contribution < -0.4 is 0 Å². The molecule has 0 saturated heterocycles. The summed E-state index contributed by atoms with van der Waals surface area (Å²) in [5.74, 6) is -2.98. The van der Waals surface area contributed by atoms with Crippen molar-refractivity contribution in [3.8, 4) is 0 Å². The number of cyclic esters (lactones) is 1. The van der Waals surface area contributed by atoms with E-state index in [-0.39, 0.29) is 13.0 Å². The Kier molecular flexibility index (Phi) is 16.1. The summed E-state index contributed by atoms with van der Waals surface area (Å²) >= 11 is 0. The van der Waals surface area contributed by atoms with E-state index in [2.05, 4.69) is 13.8 Å². The average Bonchev–Trinajstić information content (AvgIpc) is 3.06. The predicted molar refractivity (Wildman–Crippen MR) is 127 cm³/mol. The monoisotopic (exact) mass is 468 g/mol. The molecule has 0 spiro atoms. The summed E-state index contributed by atoms with van der Waals surface area (Å²) in [4.78, 5) is 36.2. The van der Waals surface area contributed by atoms with E-state index in [4.69, 9.17) is 14.2 Å². The molecular formula is C26H44O7. The third-order valence-corrected chi connectivity index (χ3v) is 5.81. The Balaban J connectivity index is 2.23. The fourth-order valence-electron chi connectivity index (χ4n) is 3.76. The highest BCUT2D eigenvalue weighted by molar-refractivity contribution is 6.16. The minimum Gasteiger partial charge on any atom is -0.507 e. The van der Waals surface area contributed by atoms with E-state index < -0.39 is 35.3 Å². The van der Waals surface area contributed by atoms with Gasteiger partial charge in [0.15, 0.2) is 17.4 Å². The first-order valence-electron chi connectivity index (χ1n) is 13.0. The van der Waals surface area contributed by atoms with E-state index >= 15 is 0 Å². The minimum atomic E-state index is -1.19. The maximum Gasteiger partial charge on any atom is 0.349 e. The molecule has 0 fully saturated rings. The van der Waals surface area contributed by atoms with Gasteiger partial charge in [-0.25, -0.2) is 9.59 Å². The van der Waals surface area contributed by atoms with Crippen LogP contribution in [-0.4, -0.2) is 42.3 Å². The number of aliphatic hydroxyl groups excluding tert-OH is 1. The van der Waals surface area contributed by atoms with Crippen molar-refractivity contribution in [1.82, 2.24) is 0 Å². The van der Waals surface area contributed by atoms with Crippen molar-refractivity contribution in [2.75, 3.05) is 13.2 Å². The van der Waals surface area contributed by atoms with Crippen LogP contribution >= 0.6 is 0 Å². The predicted octanol–water partition coefficient (Wildman–Crippen LogP) is 6.09. The third-order valence-electron chi connectivity index (χ3n) is 5.81. The smallest absolute Gasteiger partial charge is 0.349 e. The molecule has 1 aliphatic rings. The normalized spacial score (nSPS) is 15.6. The molecule has 0 aromatic carbocycles. The Labute approximate surface area is 199 Å². The van der Waals surface area contributed by atoms with Crippen molar-refractivity contribution >= 4 is 17.9 Å². The highest BCUT2D eigenvalue weighted by atomic mass is 16.6. The van der Waals surface area contributed by atoms with Crippen LogP contribution in [0, 0.1) is 0 Å². The van der Waals surface area contributed by atoms with Crippen LogP contribution in [-0.2, 0) is 28.6 Å². The van der Waals surface area contributed by atoms with Gasteiger partial charge in [0, 0.05) is 0 Å². The van der Waals surface area contributed by atoms with Crippen LogP contribution in [0.15, 0.2) is 11.3 Å². The first-order chi connectivity index (χ1) is 16.0. The molecule has 7 nitrogen and oxygen atoms in total. The lowest BCUT2D eigenvalue weighted by atomic mass is 10.1. The Hall–Kier alpha value is -2.05. The maximum atomic E-state index is 12.2. The van der Waals surface area contributed by atoms with Crippen LogP contribution in [0.25, 0.3) is 0 Å². The van der Waals surface area contributed by atoms with Crippen molar-refractivity contribution in [2.24, 2.45) is 0 Å². The zero-order valence-electron chi connectivity index (χ0n) is 20.7. The Morgan fingerprint density at radius 3 is 1.73 bits per heavy atom. The average molecular weight is 469 g/mol. The van der Waals surface area contributed by atoms with Gasteiger partial charge in [-0.1, -0.05) is 97.3 Å². The largest absolute Gasteiger partial charge is 0.507 e. The Bertz CT molecular complexity index is 612. The van der Waals surface area contributed by atoms with Crippen molar-refractivity contribution < 1.29 is 33.7 Å². The minimum absolute atomic E-state index is 0.184. The number of ether oxygens (including phenoxy) is 3. The summed E-state index contributed by atoms with van der Waals surface area (Å²) in [7, 11) is 0. The fraction of sp³-hybridized carbons (Fsp3) is 0.808. The van der Waals surface area contributed by atoms with E-state index in [0.29, 0.717) is 13.0 Å². The molecule has 33 heavy (non-hydrogen) atoms. The van der Waals surface area contributed by atoms with E-state index in [1.54, 1.807) is 0 Å². The number of unbranched alkanes of at least 4 members (excludes halogenated alkanes) is 13. The molecule has 0 bridgehead atoms. The number of rotatable bonds is 20. The molecule has 190 valence electrons. The SMILES string of the molecule is CCCCCCCCCCOC(=O)C1=C(O)[C@@H](CC(=O)OCCCCCCCCC)OC1=O. The molecule has 0 amide bonds. The molecule has 0 unspecified atom stereocenters. The number of esters is 3. The molecular weight excluding hydrogens is 424 g/mol. The molecule has 0 saturated carbocycles. The Morgan fingerprint density at radius 2 is 1.21 bits per heavy atom. The molecule has 1 aliphatic heterocycles. The van der Waals surface area contributed by atoms with Crippen molar-refractivity contribution in [3.05, 3.63) is 11.3 Å². The molecule has 7 heteroatoms. The summed E-state index contributed by atoms with van der Waals surface area (Å²) in [6, 6.07) is 0. The van der Waals surface area contributed by atoms with Gasteiger partial charge < -0.3 is 19.3 Å². The summed E-state index contributed by atoms with van der Waals surface area (Å²) in [6.07, 6.45) is 15.2. The number of carbonyl (C=O) groups excluding carboxylic acids is 3. The van der Waals surface area contributed by atoms with E-state index in [0.717, 1.165) is 32.1 Å². The van der Waals surface area contributed by atoms with Crippen LogP contribution in [0.1, 0.15) is 117 Å². The fourth-order valence-corrected chi connectivity index (χ4v) is 3.76. The molecule has 1 rings (SSSR count). The molecule has 0 aliphatic carbocycles. The number of hydrogen-bond acceptors (Lipinski definition) is 7. The maximum absolute atomic E-state index is 12.2. The standard InChI is InChI=1S/C26H44O7/c1-3-5-7-9-11-13-15-17-19-32-25(29)23-24(28)21(33-26(23)30)20-22(27)31-18-16-14-12-10-8-6-4-2/h21,28H,3-20H2,1-2H3/t21-/m1/s1. The van der Waals surface area contributed by atoms with Gasteiger partial charge in [0.1, 0.15) is 0 Å². The highest BCUT2D eigenvalue weighted by Crippen LogP contribution is 2.24. The highest BCUT2D eigenvalue weighted by Gasteiger charge is 2.40. The summed E-state index contributed by atoms with van der Waals surface area (Å²) in [5.41, 5.74) is -0.514. The molecule has 1 N–H and O–H groups in total. The van der Waals surface area contributed by atoms with Gasteiger partial charge in [-0.2, -0.15) is 0 Å². The van der Waals surface area contributed by atoms with Gasteiger partial charge >= 0.3 is 17.9 Å². The van der Waals surface area contributed by atoms with E-state index in [1.165, 1.54) is 57.8 Å². The first kappa shape index (κ1) is 29.0. The summed E-state index contributed by atoms with van der Waals surface area (Å²) in [6.45, 7) is 4.85.